The molecule has 43 heavy (non-hydrogen) atoms. The largest absolute Gasteiger partial charge is 0.379 e. The van der Waals surface area contributed by atoms with E-state index in [1.165, 1.54) is 47.1 Å². The number of Topliss-reactive ketones (excluding diaryl/α,β-unsaturated/α-hetero) is 1. The Kier molecular flexibility index (Phi) is 16.8. The van der Waals surface area contributed by atoms with Crippen LogP contribution >= 0.6 is 0 Å². The molecular formula is C41H58O2. The number of ether oxygens (including phenoxy) is 1. The van der Waals surface area contributed by atoms with E-state index in [1.807, 2.05) is 45.1 Å². The van der Waals surface area contributed by atoms with Crippen LogP contribution in [0.1, 0.15) is 101 Å². The summed E-state index contributed by atoms with van der Waals surface area (Å²) in [6.07, 6.45) is 36.4. The van der Waals surface area contributed by atoms with E-state index in [9.17, 15) is 4.79 Å². The molecule has 0 heterocycles. The fourth-order valence-electron chi connectivity index (χ4n) is 4.72. The average Bonchev–Trinajstić information content (AvgIpc) is 2.93. The predicted molar refractivity (Wildman–Crippen MR) is 190 cm³/mol. The SMILES string of the molecule is COC(C)(C)CCC(=O)C(C)=CC=CC(C)=CC=CC(C)=CC=CC=C(C)C=CC=C(C)C=CC1=C(C)CCCC1(C)C. The van der Waals surface area contributed by atoms with E-state index in [-0.39, 0.29) is 16.8 Å². The number of rotatable bonds is 15. The molecule has 0 N–H and O–H groups in total. The maximum Gasteiger partial charge on any atom is 0.158 e. The monoisotopic (exact) mass is 582 g/mol. The maximum absolute atomic E-state index is 12.3. The van der Waals surface area contributed by atoms with Crippen molar-refractivity contribution in [1.82, 2.24) is 0 Å². The van der Waals surface area contributed by atoms with Gasteiger partial charge in [-0.25, -0.2) is 0 Å². The summed E-state index contributed by atoms with van der Waals surface area (Å²) in [6, 6.07) is 0. The molecule has 0 aliphatic heterocycles. The van der Waals surface area contributed by atoms with Gasteiger partial charge in [-0.1, -0.05) is 133 Å². The first-order valence-electron chi connectivity index (χ1n) is 15.7. The molecule has 0 fully saturated rings. The highest BCUT2D eigenvalue weighted by atomic mass is 16.5. The molecule has 0 atom stereocenters. The number of hydrogen-bond acceptors (Lipinski definition) is 2. The zero-order valence-electron chi connectivity index (χ0n) is 29.0. The maximum atomic E-state index is 12.3. The molecule has 0 aromatic heterocycles. The fraction of sp³-hybridized carbons (Fsp3) is 0.439. The molecule has 0 amide bonds. The molecule has 234 valence electrons. The van der Waals surface area contributed by atoms with Crippen molar-refractivity contribution in [3.63, 3.8) is 0 Å². The van der Waals surface area contributed by atoms with Crippen molar-refractivity contribution < 1.29 is 9.53 Å². The van der Waals surface area contributed by atoms with Crippen LogP contribution < -0.4 is 0 Å². The zero-order chi connectivity index (χ0) is 32.5. The van der Waals surface area contributed by atoms with Gasteiger partial charge in [0.05, 0.1) is 5.60 Å². The summed E-state index contributed by atoms with van der Waals surface area (Å²) in [5.74, 6) is 0.160. The minimum atomic E-state index is -0.272. The van der Waals surface area contributed by atoms with Crippen molar-refractivity contribution in [2.75, 3.05) is 7.11 Å². The van der Waals surface area contributed by atoms with Crippen LogP contribution in [0.25, 0.3) is 0 Å². The first-order valence-corrected chi connectivity index (χ1v) is 15.7. The highest BCUT2D eigenvalue weighted by Crippen LogP contribution is 2.40. The van der Waals surface area contributed by atoms with Crippen molar-refractivity contribution in [3.8, 4) is 0 Å². The Balaban J connectivity index is 2.60. The number of carbonyl (C=O) groups is 1. The van der Waals surface area contributed by atoms with Gasteiger partial charge < -0.3 is 4.74 Å². The minimum absolute atomic E-state index is 0.160. The molecule has 2 nitrogen and oxygen atoms in total. The third-order valence-corrected chi connectivity index (χ3v) is 7.97. The second-order valence-electron chi connectivity index (χ2n) is 13.1. The summed E-state index contributed by atoms with van der Waals surface area (Å²) in [5, 5.41) is 0. The van der Waals surface area contributed by atoms with Gasteiger partial charge in [0.2, 0.25) is 0 Å². The van der Waals surface area contributed by atoms with E-state index < -0.39 is 0 Å². The number of ketones is 1. The van der Waals surface area contributed by atoms with Gasteiger partial charge in [-0.15, -0.1) is 0 Å². The van der Waals surface area contributed by atoms with Crippen molar-refractivity contribution in [1.29, 1.82) is 0 Å². The van der Waals surface area contributed by atoms with E-state index in [0.29, 0.717) is 12.8 Å². The average molecular weight is 583 g/mol. The van der Waals surface area contributed by atoms with Crippen LogP contribution in [0.3, 0.4) is 0 Å². The predicted octanol–water partition coefficient (Wildman–Crippen LogP) is 11.8. The molecule has 0 radical (unpaired) electrons. The summed E-state index contributed by atoms with van der Waals surface area (Å²) in [5.41, 5.74) is 8.55. The molecular weight excluding hydrogens is 524 g/mol. The molecule has 0 unspecified atom stereocenters. The third kappa shape index (κ3) is 16.3. The quantitative estimate of drug-likeness (QED) is 0.142. The van der Waals surface area contributed by atoms with Crippen molar-refractivity contribution >= 4 is 5.78 Å². The first-order chi connectivity index (χ1) is 20.2. The molecule has 0 bridgehead atoms. The molecule has 0 spiro atoms. The van der Waals surface area contributed by atoms with E-state index in [1.54, 1.807) is 7.11 Å². The third-order valence-electron chi connectivity index (χ3n) is 7.97. The Labute approximate surface area is 264 Å². The Morgan fingerprint density at radius 2 is 1.23 bits per heavy atom. The van der Waals surface area contributed by atoms with Crippen molar-refractivity contribution in [2.24, 2.45) is 5.41 Å². The fourth-order valence-corrected chi connectivity index (χ4v) is 4.72. The normalized spacial score (nSPS) is 18.5. The van der Waals surface area contributed by atoms with Crippen molar-refractivity contribution in [2.45, 2.75) is 107 Å². The number of allylic oxidation sites excluding steroid dienone is 22. The smallest absolute Gasteiger partial charge is 0.158 e. The summed E-state index contributed by atoms with van der Waals surface area (Å²) in [4.78, 5) is 12.3. The Hall–Kier alpha value is -3.23. The molecule has 1 aliphatic rings. The first kappa shape index (κ1) is 37.8. The zero-order valence-corrected chi connectivity index (χ0v) is 29.0. The second kappa shape index (κ2) is 19.1. The van der Waals surface area contributed by atoms with E-state index in [0.717, 1.165) is 11.1 Å². The number of carbonyl (C=O) groups excluding carboxylic acids is 1. The summed E-state index contributed by atoms with van der Waals surface area (Å²) in [7, 11) is 1.68. The van der Waals surface area contributed by atoms with Gasteiger partial charge in [-0.3, -0.25) is 4.79 Å². The topological polar surface area (TPSA) is 26.3 Å². The number of methoxy groups -OCH3 is 1. The van der Waals surface area contributed by atoms with Gasteiger partial charge in [0.15, 0.2) is 5.78 Å². The van der Waals surface area contributed by atoms with Gasteiger partial charge in [0.1, 0.15) is 0 Å². The highest BCUT2D eigenvalue weighted by Gasteiger charge is 2.26. The van der Waals surface area contributed by atoms with Gasteiger partial charge in [-0.05, 0) is 97.6 Å². The van der Waals surface area contributed by atoms with Crippen LogP contribution in [-0.2, 0) is 9.53 Å². The minimum Gasteiger partial charge on any atom is -0.379 e. The summed E-state index contributed by atoms with van der Waals surface area (Å²) in [6.45, 7) is 21.3. The van der Waals surface area contributed by atoms with Gasteiger partial charge >= 0.3 is 0 Å². The van der Waals surface area contributed by atoms with Gasteiger partial charge in [0, 0.05) is 13.5 Å². The van der Waals surface area contributed by atoms with Gasteiger partial charge in [0.25, 0.3) is 0 Å². The van der Waals surface area contributed by atoms with Gasteiger partial charge in [-0.2, -0.15) is 0 Å². The second-order valence-corrected chi connectivity index (χ2v) is 13.1. The van der Waals surface area contributed by atoms with Crippen LogP contribution in [0.2, 0.25) is 0 Å². The number of hydrogen-bond donors (Lipinski definition) is 0. The Morgan fingerprint density at radius 3 is 1.72 bits per heavy atom. The van der Waals surface area contributed by atoms with Crippen LogP contribution in [0.4, 0.5) is 0 Å². The molecule has 0 saturated carbocycles. The molecule has 1 aliphatic carbocycles. The lowest BCUT2D eigenvalue weighted by Gasteiger charge is -2.32. The van der Waals surface area contributed by atoms with E-state index in [4.69, 9.17) is 4.74 Å². The molecule has 2 heteroatoms. The lowest BCUT2D eigenvalue weighted by molar-refractivity contribution is -0.116. The molecule has 0 aromatic carbocycles. The van der Waals surface area contributed by atoms with Crippen LogP contribution in [0, 0.1) is 5.41 Å². The lowest BCUT2D eigenvalue weighted by Crippen LogP contribution is -2.23. The van der Waals surface area contributed by atoms with Crippen molar-refractivity contribution in [3.05, 3.63) is 130 Å². The Bertz CT molecular complexity index is 1270. The van der Waals surface area contributed by atoms with Crippen LogP contribution in [0.15, 0.2) is 130 Å². The summed E-state index contributed by atoms with van der Waals surface area (Å²) >= 11 is 0. The van der Waals surface area contributed by atoms with Crippen LogP contribution in [-0.4, -0.2) is 18.5 Å². The van der Waals surface area contributed by atoms with Crippen LogP contribution in [0.5, 0.6) is 0 Å². The highest BCUT2D eigenvalue weighted by molar-refractivity contribution is 5.95. The summed E-state index contributed by atoms with van der Waals surface area (Å²) < 4.78 is 5.40. The molecule has 0 aromatic rings. The van der Waals surface area contributed by atoms with E-state index >= 15 is 0 Å². The Morgan fingerprint density at radius 1 is 0.767 bits per heavy atom. The lowest BCUT2D eigenvalue weighted by atomic mass is 9.72. The molecule has 0 saturated heterocycles. The van der Waals surface area contributed by atoms with E-state index in [2.05, 4.69) is 115 Å². The molecule has 1 rings (SSSR count). The standard InChI is InChI=1S/C41H58O2/c1-32(20-14-22-34(3)24-16-25-37(6)39(42)29-31-41(9,10)43-11)18-12-13-19-33(2)21-15-23-35(4)27-28-38-36(5)26-17-30-40(38,7)8/h12-16,18-25,27-28H,17,26,29-31H2,1-11H3.